The summed E-state index contributed by atoms with van der Waals surface area (Å²) in [6.45, 7) is 6.21. The molecule has 1 unspecified atom stereocenters. The molecule has 1 N–H and O–H groups in total. The molecule has 0 aromatic carbocycles. The fourth-order valence-corrected chi connectivity index (χ4v) is 2.77. The number of pyridine rings is 1. The second-order valence-electron chi connectivity index (χ2n) is 6.05. The highest BCUT2D eigenvalue weighted by atomic mass is 16.4. The maximum absolute atomic E-state index is 10.9. The van der Waals surface area contributed by atoms with E-state index in [0.717, 1.165) is 25.9 Å². The number of aliphatic carboxylic acids is 1. The fraction of sp³-hybridized carbons (Fsp3) is 0.600. The molecule has 4 nitrogen and oxygen atoms in total. The van der Waals surface area contributed by atoms with Gasteiger partial charge in [0.1, 0.15) is 0 Å². The Hall–Kier alpha value is -1.42. The van der Waals surface area contributed by atoms with Gasteiger partial charge in [-0.25, -0.2) is 0 Å². The molecule has 1 aliphatic rings. The van der Waals surface area contributed by atoms with Crippen LogP contribution in [-0.4, -0.2) is 33.0 Å². The van der Waals surface area contributed by atoms with Crippen LogP contribution in [0, 0.1) is 5.92 Å². The van der Waals surface area contributed by atoms with Gasteiger partial charge in [-0.2, -0.15) is 0 Å². The molecule has 19 heavy (non-hydrogen) atoms. The molecule has 1 aliphatic heterocycles. The average molecular weight is 262 g/mol. The van der Waals surface area contributed by atoms with E-state index in [-0.39, 0.29) is 17.9 Å². The van der Waals surface area contributed by atoms with Gasteiger partial charge in [0, 0.05) is 37.4 Å². The maximum atomic E-state index is 10.9. The Balaban J connectivity index is 2.04. The second kappa shape index (κ2) is 5.70. The standard InChI is InChI=1S/C15H22N2O2/c1-15(2)6-3-13(9-14(18)19)11-17(15)10-12-4-7-16-8-5-12/h4-5,7-8,13H,3,6,9-11H2,1-2H3,(H,18,19). The Bertz CT molecular complexity index is 431. The predicted octanol–water partition coefficient (Wildman–Crippen LogP) is 2.55. The topological polar surface area (TPSA) is 53.4 Å². The molecule has 2 rings (SSSR count). The SMILES string of the molecule is CC1(C)CCC(CC(=O)O)CN1Cc1ccncc1. The molecule has 2 heterocycles. The number of carboxylic acids is 1. The van der Waals surface area contributed by atoms with Gasteiger partial charge in [-0.15, -0.1) is 0 Å². The number of likely N-dealkylation sites (tertiary alicyclic amines) is 1. The summed E-state index contributed by atoms with van der Waals surface area (Å²) < 4.78 is 0. The van der Waals surface area contributed by atoms with E-state index in [9.17, 15) is 4.79 Å². The number of hydrogen-bond donors (Lipinski definition) is 1. The molecule has 0 aliphatic carbocycles. The van der Waals surface area contributed by atoms with Crippen LogP contribution in [0.5, 0.6) is 0 Å². The lowest BCUT2D eigenvalue weighted by Crippen LogP contribution is -2.50. The zero-order chi connectivity index (χ0) is 13.9. The van der Waals surface area contributed by atoms with Gasteiger partial charge in [0.2, 0.25) is 0 Å². The van der Waals surface area contributed by atoms with Crippen LogP contribution in [0.1, 0.15) is 38.7 Å². The van der Waals surface area contributed by atoms with E-state index in [4.69, 9.17) is 5.11 Å². The number of hydrogen-bond acceptors (Lipinski definition) is 3. The van der Waals surface area contributed by atoms with Gasteiger partial charge in [0.15, 0.2) is 0 Å². The van der Waals surface area contributed by atoms with Crippen molar-refractivity contribution < 1.29 is 9.90 Å². The summed E-state index contributed by atoms with van der Waals surface area (Å²) in [6, 6.07) is 4.05. The van der Waals surface area contributed by atoms with Crippen LogP contribution in [0.4, 0.5) is 0 Å². The molecule has 1 atom stereocenters. The fourth-order valence-electron chi connectivity index (χ4n) is 2.77. The lowest BCUT2D eigenvalue weighted by molar-refractivity contribution is -0.139. The van der Waals surface area contributed by atoms with Crippen molar-refractivity contribution in [3.8, 4) is 0 Å². The number of nitrogens with zero attached hydrogens (tertiary/aromatic N) is 2. The first-order chi connectivity index (χ1) is 8.97. The van der Waals surface area contributed by atoms with E-state index in [1.54, 1.807) is 12.4 Å². The Labute approximate surface area is 114 Å². The highest BCUT2D eigenvalue weighted by Gasteiger charge is 2.34. The third kappa shape index (κ3) is 3.77. The normalized spacial score (nSPS) is 23.2. The smallest absolute Gasteiger partial charge is 0.303 e. The van der Waals surface area contributed by atoms with Crippen molar-refractivity contribution in [3.05, 3.63) is 30.1 Å². The van der Waals surface area contributed by atoms with Gasteiger partial charge in [0.25, 0.3) is 0 Å². The summed E-state index contributed by atoms with van der Waals surface area (Å²) in [6.07, 6.45) is 5.95. The van der Waals surface area contributed by atoms with Crippen LogP contribution in [0.3, 0.4) is 0 Å². The van der Waals surface area contributed by atoms with E-state index in [0.29, 0.717) is 0 Å². The van der Waals surface area contributed by atoms with Gasteiger partial charge < -0.3 is 5.11 Å². The number of carboxylic acid groups (broad SMARTS) is 1. The van der Waals surface area contributed by atoms with Crippen molar-refractivity contribution in [3.63, 3.8) is 0 Å². The summed E-state index contributed by atoms with van der Waals surface area (Å²) in [4.78, 5) is 17.3. The van der Waals surface area contributed by atoms with Gasteiger partial charge >= 0.3 is 5.97 Å². The van der Waals surface area contributed by atoms with Gasteiger partial charge in [-0.1, -0.05) is 0 Å². The minimum absolute atomic E-state index is 0.137. The van der Waals surface area contributed by atoms with Crippen molar-refractivity contribution in [2.75, 3.05) is 6.54 Å². The summed E-state index contributed by atoms with van der Waals surface area (Å²) in [5.41, 5.74) is 1.37. The van der Waals surface area contributed by atoms with Crippen molar-refractivity contribution in [1.29, 1.82) is 0 Å². The molecule has 1 aromatic heterocycles. The predicted molar refractivity (Wildman–Crippen MR) is 73.7 cm³/mol. The molecule has 1 fully saturated rings. The average Bonchev–Trinajstić information content (AvgIpc) is 2.34. The number of carbonyl (C=O) groups is 1. The third-order valence-corrected chi connectivity index (χ3v) is 4.09. The number of aromatic nitrogens is 1. The highest BCUT2D eigenvalue weighted by molar-refractivity contribution is 5.67. The number of piperidine rings is 1. The first kappa shape index (κ1) is 14.0. The van der Waals surface area contributed by atoms with Gasteiger partial charge in [0.05, 0.1) is 0 Å². The molecule has 0 bridgehead atoms. The van der Waals surface area contributed by atoms with Crippen molar-refractivity contribution in [1.82, 2.24) is 9.88 Å². The summed E-state index contributed by atoms with van der Waals surface area (Å²) >= 11 is 0. The van der Waals surface area contributed by atoms with E-state index < -0.39 is 5.97 Å². The molecule has 0 saturated carbocycles. The van der Waals surface area contributed by atoms with Crippen LogP contribution in [0.15, 0.2) is 24.5 Å². The van der Waals surface area contributed by atoms with Crippen molar-refractivity contribution >= 4 is 5.97 Å². The zero-order valence-corrected chi connectivity index (χ0v) is 11.7. The summed E-state index contributed by atoms with van der Waals surface area (Å²) in [5.74, 6) is -0.416. The van der Waals surface area contributed by atoms with Crippen LogP contribution in [-0.2, 0) is 11.3 Å². The Kier molecular flexibility index (Phi) is 4.20. The van der Waals surface area contributed by atoms with Gasteiger partial charge in [-0.05, 0) is 50.3 Å². The minimum atomic E-state index is -0.687. The monoisotopic (exact) mass is 262 g/mol. The molecule has 0 amide bonds. The molecule has 1 saturated heterocycles. The lowest BCUT2D eigenvalue weighted by Gasteiger charge is -2.45. The second-order valence-corrected chi connectivity index (χ2v) is 6.05. The molecule has 4 heteroatoms. The minimum Gasteiger partial charge on any atom is -0.481 e. The first-order valence-electron chi connectivity index (χ1n) is 6.83. The van der Waals surface area contributed by atoms with Gasteiger partial charge in [-0.3, -0.25) is 14.7 Å². The summed E-state index contributed by atoms with van der Waals surface area (Å²) in [5, 5.41) is 8.95. The highest BCUT2D eigenvalue weighted by Crippen LogP contribution is 2.33. The van der Waals surface area contributed by atoms with Crippen molar-refractivity contribution in [2.45, 2.75) is 45.2 Å². The molecular formula is C15H22N2O2. The van der Waals surface area contributed by atoms with Crippen LogP contribution in [0.2, 0.25) is 0 Å². The molecule has 0 spiro atoms. The Morgan fingerprint density at radius 3 is 2.79 bits per heavy atom. The lowest BCUT2D eigenvalue weighted by atomic mass is 9.83. The summed E-state index contributed by atoms with van der Waals surface area (Å²) in [7, 11) is 0. The molecule has 0 radical (unpaired) electrons. The third-order valence-electron chi connectivity index (χ3n) is 4.09. The first-order valence-corrected chi connectivity index (χ1v) is 6.83. The Morgan fingerprint density at radius 2 is 2.16 bits per heavy atom. The van der Waals surface area contributed by atoms with Crippen molar-refractivity contribution in [2.24, 2.45) is 5.92 Å². The van der Waals surface area contributed by atoms with Crippen LogP contribution < -0.4 is 0 Å². The molecule has 104 valence electrons. The molecule has 1 aromatic rings. The zero-order valence-electron chi connectivity index (χ0n) is 11.7. The van der Waals surface area contributed by atoms with E-state index in [2.05, 4.69) is 23.7 Å². The molecular weight excluding hydrogens is 240 g/mol. The van der Waals surface area contributed by atoms with E-state index in [1.807, 2.05) is 12.1 Å². The van der Waals surface area contributed by atoms with Crippen LogP contribution >= 0.6 is 0 Å². The maximum Gasteiger partial charge on any atom is 0.303 e. The van der Waals surface area contributed by atoms with E-state index in [1.165, 1.54) is 5.56 Å². The number of rotatable bonds is 4. The van der Waals surface area contributed by atoms with Crippen LogP contribution in [0.25, 0.3) is 0 Å². The largest absolute Gasteiger partial charge is 0.481 e. The Morgan fingerprint density at radius 1 is 1.47 bits per heavy atom. The van der Waals surface area contributed by atoms with E-state index >= 15 is 0 Å². The quantitative estimate of drug-likeness (QED) is 0.906.